The third-order valence-corrected chi connectivity index (χ3v) is 4.13. The van der Waals surface area contributed by atoms with E-state index in [4.69, 9.17) is 4.74 Å². The maximum absolute atomic E-state index is 6.22. The summed E-state index contributed by atoms with van der Waals surface area (Å²) in [7, 11) is 1.96. The molecule has 1 atom stereocenters. The maximum Gasteiger partial charge on any atom is 0.179 e. The number of thiophene rings is 1. The van der Waals surface area contributed by atoms with E-state index in [1.807, 2.05) is 36.0 Å². The van der Waals surface area contributed by atoms with Gasteiger partial charge in [-0.3, -0.25) is 0 Å². The minimum absolute atomic E-state index is 0.0605. The monoisotopic (exact) mass is 287 g/mol. The van der Waals surface area contributed by atoms with Crippen molar-refractivity contribution in [3.8, 4) is 5.75 Å². The second-order valence-corrected chi connectivity index (χ2v) is 5.52. The van der Waals surface area contributed by atoms with Gasteiger partial charge in [-0.05, 0) is 37.2 Å². The highest BCUT2D eigenvalue weighted by molar-refractivity contribution is 7.10. The van der Waals surface area contributed by atoms with Gasteiger partial charge in [0.1, 0.15) is 6.10 Å². The average Bonchev–Trinajstić information content (AvgIpc) is 3.14. The molecule has 0 bridgehead atoms. The van der Waals surface area contributed by atoms with Crippen molar-refractivity contribution in [3.05, 3.63) is 53.1 Å². The minimum atomic E-state index is 0.0605. The molecule has 104 valence electrons. The van der Waals surface area contributed by atoms with Crippen LogP contribution in [-0.2, 0) is 0 Å². The van der Waals surface area contributed by atoms with E-state index in [1.54, 1.807) is 17.5 Å². The molecule has 0 aliphatic heterocycles. The highest BCUT2D eigenvalue weighted by Crippen LogP contribution is 2.29. The van der Waals surface area contributed by atoms with Gasteiger partial charge in [0, 0.05) is 29.9 Å². The summed E-state index contributed by atoms with van der Waals surface area (Å²) in [4.78, 5) is 5.60. The van der Waals surface area contributed by atoms with Gasteiger partial charge in [-0.25, -0.2) is 4.98 Å². The summed E-state index contributed by atoms with van der Waals surface area (Å²) in [6, 6.07) is 8.14. The number of pyridine rings is 1. The van der Waals surface area contributed by atoms with Crippen molar-refractivity contribution in [2.75, 3.05) is 13.6 Å². The molecule has 20 heavy (non-hydrogen) atoms. The van der Waals surface area contributed by atoms with Crippen LogP contribution in [0.2, 0.25) is 0 Å². The fourth-order valence-electron chi connectivity index (χ4n) is 2.18. The standard InChI is InChI=1S/C15H17N3OS/c1-16-7-6-12(14-5-3-11-20-14)19-13-4-2-9-18-10-8-17-15(13)18/h2-5,8-12,16H,6-7H2,1H3. The van der Waals surface area contributed by atoms with Crippen LogP contribution in [0.5, 0.6) is 5.75 Å². The number of ether oxygens (including phenoxy) is 1. The number of fused-ring (bicyclic) bond motifs is 1. The Balaban J connectivity index is 1.87. The quantitative estimate of drug-likeness (QED) is 0.757. The molecule has 0 saturated heterocycles. The Morgan fingerprint density at radius 1 is 1.35 bits per heavy atom. The normalized spacial score (nSPS) is 12.7. The van der Waals surface area contributed by atoms with Gasteiger partial charge in [0.15, 0.2) is 11.4 Å². The van der Waals surface area contributed by atoms with Gasteiger partial charge in [-0.2, -0.15) is 0 Å². The molecule has 3 rings (SSSR count). The number of aromatic nitrogens is 2. The molecule has 0 spiro atoms. The molecule has 0 fully saturated rings. The lowest BCUT2D eigenvalue weighted by atomic mass is 10.2. The van der Waals surface area contributed by atoms with E-state index in [-0.39, 0.29) is 6.10 Å². The van der Waals surface area contributed by atoms with Crippen LogP contribution in [0.3, 0.4) is 0 Å². The second kappa shape index (κ2) is 6.07. The van der Waals surface area contributed by atoms with Gasteiger partial charge in [-0.15, -0.1) is 11.3 Å². The third-order valence-electron chi connectivity index (χ3n) is 3.17. The molecule has 1 N–H and O–H groups in total. The topological polar surface area (TPSA) is 38.6 Å². The van der Waals surface area contributed by atoms with E-state index in [1.165, 1.54) is 4.88 Å². The van der Waals surface area contributed by atoms with E-state index >= 15 is 0 Å². The first kappa shape index (κ1) is 13.1. The highest BCUT2D eigenvalue weighted by Gasteiger charge is 2.16. The zero-order chi connectivity index (χ0) is 13.8. The summed E-state index contributed by atoms with van der Waals surface area (Å²) in [5, 5.41) is 5.27. The lowest BCUT2D eigenvalue weighted by Crippen LogP contribution is -2.15. The first-order valence-corrected chi connectivity index (χ1v) is 7.53. The molecular weight excluding hydrogens is 270 g/mol. The molecule has 0 aliphatic carbocycles. The molecule has 0 aromatic carbocycles. The Bertz CT molecular complexity index is 663. The van der Waals surface area contributed by atoms with Gasteiger partial charge >= 0.3 is 0 Å². The van der Waals surface area contributed by atoms with E-state index in [0.29, 0.717) is 0 Å². The van der Waals surface area contributed by atoms with Gasteiger partial charge in [-0.1, -0.05) is 6.07 Å². The van der Waals surface area contributed by atoms with Gasteiger partial charge in [0.25, 0.3) is 0 Å². The number of rotatable bonds is 6. The zero-order valence-corrected chi connectivity index (χ0v) is 12.1. The molecule has 5 heteroatoms. The van der Waals surface area contributed by atoms with Crippen LogP contribution in [0.25, 0.3) is 5.65 Å². The van der Waals surface area contributed by atoms with Crippen LogP contribution < -0.4 is 10.1 Å². The molecular formula is C15H17N3OS. The first-order valence-electron chi connectivity index (χ1n) is 6.65. The predicted octanol–water partition coefficient (Wildman–Crippen LogP) is 3.13. The molecule has 0 amide bonds. The number of imidazole rings is 1. The zero-order valence-electron chi connectivity index (χ0n) is 11.3. The number of nitrogens with zero attached hydrogens (tertiary/aromatic N) is 2. The summed E-state index contributed by atoms with van der Waals surface area (Å²) in [5.74, 6) is 0.826. The van der Waals surface area contributed by atoms with Crippen molar-refractivity contribution in [2.24, 2.45) is 0 Å². The average molecular weight is 287 g/mol. The summed E-state index contributed by atoms with van der Waals surface area (Å²) in [5.41, 5.74) is 0.860. The molecule has 0 aliphatic rings. The summed E-state index contributed by atoms with van der Waals surface area (Å²) in [6.45, 7) is 0.917. The highest BCUT2D eigenvalue weighted by atomic mass is 32.1. The minimum Gasteiger partial charge on any atom is -0.481 e. The Kier molecular flexibility index (Phi) is 3.99. The largest absolute Gasteiger partial charge is 0.481 e. The molecule has 3 aromatic rings. The lowest BCUT2D eigenvalue weighted by molar-refractivity contribution is 0.200. The second-order valence-electron chi connectivity index (χ2n) is 4.54. The van der Waals surface area contributed by atoms with Crippen molar-refractivity contribution >= 4 is 17.0 Å². The molecule has 3 heterocycles. The lowest BCUT2D eigenvalue weighted by Gasteiger charge is -2.18. The molecule has 4 nitrogen and oxygen atoms in total. The van der Waals surface area contributed by atoms with Gasteiger partial charge in [0.05, 0.1) is 0 Å². The number of nitrogens with one attached hydrogen (secondary N) is 1. The maximum atomic E-state index is 6.22. The van der Waals surface area contributed by atoms with Crippen molar-refractivity contribution in [2.45, 2.75) is 12.5 Å². The Morgan fingerprint density at radius 2 is 2.30 bits per heavy atom. The van der Waals surface area contributed by atoms with Crippen LogP contribution in [0, 0.1) is 0 Å². The fourth-order valence-corrected chi connectivity index (χ4v) is 2.97. The van der Waals surface area contributed by atoms with E-state index in [0.717, 1.165) is 24.4 Å². The fraction of sp³-hybridized carbons (Fsp3) is 0.267. The first-order chi connectivity index (χ1) is 9.88. The Hall–Kier alpha value is -1.85. The van der Waals surface area contributed by atoms with Crippen LogP contribution in [0.4, 0.5) is 0 Å². The third kappa shape index (κ3) is 2.69. The number of hydrogen-bond acceptors (Lipinski definition) is 4. The van der Waals surface area contributed by atoms with E-state index in [2.05, 4.69) is 27.8 Å². The summed E-state index contributed by atoms with van der Waals surface area (Å²) >= 11 is 1.73. The molecule has 0 radical (unpaired) electrons. The van der Waals surface area contributed by atoms with E-state index < -0.39 is 0 Å². The van der Waals surface area contributed by atoms with Gasteiger partial charge in [0.2, 0.25) is 0 Å². The van der Waals surface area contributed by atoms with Crippen LogP contribution in [0.1, 0.15) is 17.4 Å². The molecule has 0 saturated carbocycles. The van der Waals surface area contributed by atoms with Crippen LogP contribution in [0.15, 0.2) is 48.2 Å². The number of hydrogen-bond donors (Lipinski definition) is 1. The SMILES string of the molecule is CNCCC(Oc1cccn2ccnc12)c1cccs1. The van der Waals surface area contributed by atoms with Crippen molar-refractivity contribution in [1.29, 1.82) is 0 Å². The van der Waals surface area contributed by atoms with Crippen molar-refractivity contribution in [3.63, 3.8) is 0 Å². The molecule has 1 unspecified atom stereocenters. The van der Waals surface area contributed by atoms with Crippen LogP contribution >= 0.6 is 11.3 Å². The van der Waals surface area contributed by atoms with E-state index in [9.17, 15) is 0 Å². The summed E-state index contributed by atoms with van der Waals surface area (Å²) in [6.07, 6.45) is 6.68. The van der Waals surface area contributed by atoms with Crippen molar-refractivity contribution < 1.29 is 4.74 Å². The van der Waals surface area contributed by atoms with Crippen LogP contribution in [-0.4, -0.2) is 23.0 Å². The van der Waals surface area contributed by atoms with Gasteiger partial charge < -0.3 is 14.5 Å². The molecule has 3 aromatic heterocycles. The summed E-state index contributed by atoms with van der Waals surface area (Å²) < 4.78 is 8.19. The Labute approximate surface area is 122 Å². The predicted molar refractivity (Wildman–Crippen MR) is 81.4 cm³/mol. The van der Waals surface area contributed by atoms with Crippen molar-refractivity contribution in [1.82, 2.24) is 14.7 Å². The smallest absolute Gasteiger partial charge is 0.179 e. The Morgan fingerprint density at radius 3 is 3.10 bits per heavy atom.